The Morgan fingerprint density at radius 2 is 1.93 bits per heavy atom. The fourth-order valence-corrected chi connectivity index (χ4v) is 5.46. The van der Waals surface area contributed by atoms with Crippen molar-refractivity contribution in [1.82, 2.24) is 0 Å². The Morgan fingerprint density at radius 3 is 2.43 bits per heavy atom. The lowest BCUT2D eigenvalue weighted by molar-refractivity contribution is -0.333. The summed E-state index contributed by atoms with van der Waals surface area (Å²) in [6.07, 6.45) is 0.809. The molecular formula is C23H42O6Si. The third-order valence-corrected chi connectivity index (χ3v) is 11.6. The van der Waals surface area contributed by atoms with Crippen molar-refractivity contribution < 1.29 is 28.5 Å². The molecule has 0 aromatic heterocycles. The molecule has 2 aliphatic rings. The van der Waals surface area contributed by atoms with Gasteiger partial charge in [0.05, 0.1) is 30.8 Å². The molecule has 1 spiro atoms. The van der Waals surface area contributed by atoms with Crippen molar-refractivity contribution >= 4 is 14.3 Å². The fraction of sp³-hybridized carbons (Fsp3) is 0.870. The first kappa shape index (κ1) is 25.4. The van der Waals surface area contributed by atoms with Crippen molar-refractivity contribution in [3.05, 3.63) is 11.8 Å². The molecule has 0 amide bonds. The fourth-order valence-electron chi connectivity index (χ4n) is 4.05. The highest BCUT2D eigenvalue weighted by atomic mass is 28.4. The zero-order valence-electron chi connectivity index (χ0n) is 20.4. The highest BCUT2D eigenvalue weighted by Gasteiger charge is 2.57. The van der Waals surface area contributed by atoms with Crippen LogP contribution < -0.4 is 0 Å². The average molecular weight is 443 g/mol. The van der Waals surface area contributed by atoms with Crippen LogP contribution in [0.2, 0.25) is 18.1 Å². The van der Waals surface area contributed by atoms with Crippen LogP contribution in [-0.2, 0) is 23.4 Å². The van der Waals surface area contributed by atoms with E-state index in [-0.39, 0.29) is 47.4 Å². The van der Waals surface area contributed by atoms with Crippen LogP contribution >= 0.6 is 0 Å². The van der Waals surface area contributed by atoms with Crippen molar-refractivity contribution in [1.29, 1.82) is 0 Å². The molecule has 30 heavy (non-hydrogen) atoms. The van der Waals surface area contributed by atoms with Gasteiger partial charge in [0, 0.05) is 12.3 Å². The lowest BCUT2D eigenvalue weighted by Gasteiger charge is -2.54. The summed E-state index contributed by atoms with van der Waals surface area (Å²) in [5, 5.41) is 10.8. The maximum absolute atomic E-state index is 12.4. The number of hydrogen-bond donors (Lipinski definition) is 1. The molecule has 2 aliphatic heterocycles. The second-order valence-corrected chi connectivity index (χ2v) is 15.5. The molecule has 6 atom stereocenters. The number of ether oxygens (including phenoxy) is 3. The molecule has 2 rings (SSSR count). The summed E-state index contributed by atoms with van der Waals surface area (Å²) in [7, 11) is -2.05. The van der Waals surface area contributed by atoms with Crippen molar-refractivity contribution in [2.45, 2.75) is 104 Å². The molecule has 0 aliphatic carbocycles. The van der Waals surface area contributed by atoms with Gasteiger partial charge in [-0.1, -0.05) is 48.5 Å². The first-order chi connectivity index (χ1) is 13.6. The van der Waals surface area contributed by atoms with Crippen molar-refractivity contribution in [2.24, 2.45) is 17.8 Å². The highest BCUT2D eigenvalue weighted by Crippen LogP contribution is 2.48. The van der Waals surface area contributed by atoms with Crippen LogP contribution in [0, 0.1) is 17.8 Å². The molecule has 0 bridgehead atoms. The van der Waals surface area contributed by atoms with Crippen LogP contribution in [0.3, 0.4) is 0 Å². The smallest absolute Gasteiger partial charge is 0.373 e. The van der Waals surface area contributed by atoms with E-state index in [1.807, 2.05) is 6.92 Å². The number of esters is 1. The number of rotatable bonds is 5. The molecule has 0 aromatic carbocycles. The summed E-state index contributed by atoms with van der Waals surface area (Å²) < 4.78 is 24.8. The molecule has 174 valence electrons. The van der Waals surface area contributed by atoms with Crippen molar-refractivity contribution in [2.75, 3.05) is 6.61 Å². The summed E-state index contributed by atoms with van der Waals surface area (Å²) in [4.78, 5) is 12.4. The maximum atomic E-state index is 12.4. The minimum atomic E-state index is -2.05. The second kappa shape index (κ2) is 8.92. The van der Waals surface area contributed by atoms with Crippen LogP contribution in [0.15, 0.2) is 11.8 Å². The quantitative estimate of drug-likeness (QED) is 0.494. The van der Waals surface area contributed by atoms with E-state index in [1.54, 1.807) is 6.92 Å². The Balaban J connectivity index is 2.43. The molecule has 1 saturated heterocycles. The van der Waals surface area contributed by atoms with Crippen LogP contribution in [0.5, 0.6) is 0 Å². The third-order valence-electron chi connectivity index (χ3n) is 7.12. The van der Waals surface area contributed by atoms with E-state index in [9.17, 15) is 9.90 Å². The lowest BCUT2D eigenvalue weighted by Crippen LogP contribution is -2.62. The normalized spacial score (nSPS) is 35.2. The Labute approximate surface area is 183 Å². The number of aliphatic hydroxyl groups excluding tert-OH is 1. The van der Waals surface area contributed by atoms with E-state index in [4.69, 9.17) is 18.6 Å². The minimum absolute atomic E-state index is 0.0191. The molecular weight excluding hydrogens is 400 g/mol. The molecule has 7 heteroatoms. The maximum Gasteiger partial charge on any atom is 0.373 e. The van der Waals surface area contributed by atoms with E-state index < -0.39 is 26.2 Å². The third kappa shape index (κ3) is 4.95. The second-order valence-electron chi connectivity index (χ2n) is 10.8. The van der Waals surface area contributed by atoms with Gasteiger partial charge in [-0.05, 0) is 37.0 Å². The molecule has 0 aromatic rings. The molecule has 0 saturated carbocycles. The predicted molar refractivity (Wildman–Crippen MR) is 119 cm³/mol. The lowest BCUT2D eigenvalue weighted by atomic mass is 9.78. The first-order valence-corrected chi connectivity index (χ1v) is 14.2. The Morgan fingerprint density at radius 1 is 1.33 bits per heavy atom. The molecule has 2 heterocycles. The Bertz CT molecular complexity index is 653. The predicted octanol–water partition coefficient (Wildman–Crippen LogP) is 4.63. The minimum Gasteiger partial charge on any atom is -0.460 e. The largest absolute Gasteiger partial charge is 0.460 e. The average Bonchev–Trinajstić information content (AvgIpc) is 2.61. The molecule has 0 radical (unpaired) electrons. The van der Waals surface area contributed by atoms with Crippen molar-refractivity contribution in [3.63, 3.8) is 0 Å². The van der Waals surface area contributed by atoms with Crippen molar-refractivity contribution in [3.8, 4) is 0 Å². The number of hydrogen-bond acceptors (Lipinski definition) is 6. The van der Waals surface area contributed by atoms with E-state index in [0.29, 0.717) is 6.42 Å². The Hall–Kier alpha value is -0.893. The monoisotopic (exact) mass is 442 g/mol. The first-order valence-electron chi connectivity index (χ1n) is 11.3. The molecule has 1 N–H and O–H groups in total. The van der Waals surface area contributed by atoms with E-state index in [1.165, 1.54) is 6.08 Å². The van der Waals surface area contributed by atoms with E-state index >= 15 is 0 Å². The van der Waals surface area contributed by atoms with Gasteiger partial charge in [0.25, 0.3) is 0 Å². The Kier molecular flexibility index (Phi) is 7.55. The van der Waals surface area contributed by atoms with Gasteiger partial charge in [-0.2, -0.15) is 0 Å². The summed E-state index contributed by atoms with van der Waals surface area (Å²) in [6.45, 7) is 21.5. The topological polar surface area (TPSA) is 74.2 Å². The molecule has 6 nitrogen and oxygen atoms in total. The number of carbonyl (C=O) groups excluding carboxylic acids is 1. The summed E-state index contributed by atoms with van der Waals surface area (Å²) in [6, 6.07) is 0. The van der Waals surface area contributed by atoms with E-state index in [0.717, 1.165) is 0 Å². The standard InChI is InChI=1S/C23H42O6Si/c1-11-26-21(25)18-12-17(24)16(5)23(27-18)13-19(15(4)20(28-23)14(2)3)29-30(9,10)22(6,7)8/h12,14-17,19-20,24H,11,13H2,1-10H3/t15-,16-,17-,19+,20+,23+/m0/s1. The molecule has 0 unspecified atom stereocenters. The van der Waals surface area contributed by atoms with Gasteiger partial charge < -0.3 is 23.7 Å². The van der Waals surface area contributed by atoms with Gasteiger partial charge >= 0.3 is 5.97 Å². The van der Waals surface area contributed by atoms with Crippen LogP contribution in [0.1, 0.15) is 61.8 Å². The van der Waals surface area contributed by atoms with Gasteiger partial charge in [-0.15, -0.1) is 0 Å². The van der Waals surface area contributed by atoms with Crippen LogP contribution in [-0.4, -0.2) is 50.1 Å². The van der Waals surface area contributed by atoms with E-state index in [2.05, 4.69) is 54.6 Å². The number of carbonyl (C=O) groups is 1. The van der Waals surface area contributed by atoms with Crippen LogP contribution in [0.4, 0.5) is 0 Å². The molecule has 1 fully saturated rings. The van der Waals surface area contributed by atoms with Gasteiger partial charge in [-0.25, -0.2) is 4.79 Å². The van der Waals surface area contributed by atoms with Gasteiger partial charge in [0.1, 0.15) is 0 Å². The summed E-state index contributed by atoms with van der Waals surface area (Å²) in [5.41, 5.74) is 0. The summed E-state index contributed by atoms with van der Waals surface area (Å²) >= 11 is 0. The van der Waals surface area contributed by atoms with Crippen LogP contribution in [0.25, 0.3) is 0 Å². The van der Waals surface area contributed by atoms with Gasteiger partial charge in [-0.3, -0.25) is 0 Å². The zero-order valence-corrected chi connectivity index (χ0v) is 21.4. The van der Waals surface area contributed by atoms with Gasteiger partial charge in [0.15, 0.2) is 8.32 Å². The SMILES string of the molecule is CCOC(=O)C1=C[C@H](O)[C@H](C)[C@]2(C[C@@H](O[Si](C)(C)C(C)(C)C)[C@H](C)[C@@H](C(C)C)O2)O1. The zero-order chi connectivity index (χ0) is 23.1. The summed E-state index contributed by atoms with van der Waals surface area (Å²) in [5.74, 6) is -1.65. The highest BCUT2D eigenvalue weighted by molar-refractivity contribution is 6.74. The number of aliphatic hydroxyl groups is 1. The van der Waals surface area contributed by atoms with Gasteiger partial charge in [0.2, 0.25) is 11.5 Å².